The van der Waals surface area contributed by atoms with Crippen molar-refractivity contribution >= 4 is 22.6 Å². The maximum Gasteiger partial charge on any atom is 0.326 e. The number of esters is 1. The summed E-state index contributed by atoms with van der Waals surface area (Å²) in [6.07, 6.45) is 2.88. The molecule has 8 heteroatoms. The molecule has 0 saturated heterocycles. The Morgan fingerprint density at radius 2 is 2.23 bits per heavy atom. The molecule has 0 aliphatic carbocycles. The summed E-state index contributed by atoms with van der Waals surface area (Å²) in [4.78, 5) is 38.1. The lowest BCUT2D eigenvalue weighted by atomic mass is 10.2. The van der Waals surface area contributed by atoms with Crippen molar-refractivity contribution in [2.24, 2.45) is 0 Å². The van der Waals surface area contributed by atoms with Crippen LogP contribution in [0.3, 0.4) is 0 Å². The molecule has 1 heterocycles. The molecule has 2 rings (SSSR count). The number of carbonyl (C=O) groups is 1. The van der Waals surface area contributed by atoms with Gasteiger partial charge in [0, 0.05) is 12.1 Å². The minimum absolute atomic E-state index is 0.0954. The second-order valence-electron chi connectivity index (χ2n) is 4.71. The van der Waals surface area contributed by atoms with Crippen LogP contribution in [0.25, 0.3) is 10.9 Å². The van der Waals surface area contributed by atoms with Crippen LogP contribution in [0.5, 0.6) is 0 Å². The van der Waals surface area contributed by atoms with Crippen molar-refractivity contribution in [2.45, 2.75) is 26.3 Å². The van der Waals surface area contributed by atoms with Crippen LogP contribution < -0.4 is 5.56 Å². The van der Waals surface area contributed by atoms with Gasteiger partial charge in [-0.3, -0.25) is 24.3 Å². The van der Waals surface area contributed by atoms with E-state index in [0.717, 1.165) is 23.5 Å². The van der Waals surface area contributed by atoms with E-state index in [9.17, 15) is 19.7 Å². The average Bonchev–Trinajstić information content (AvgIpc) is 2.50. The fraction of sp³-hybridized carbons (Fsp3) is 0.357. The van der Waals surface area contributed by atoms with Gasteiger partial charge in [0.2, 0.25) is 0 Å². The molecule has 1 aromatic heterocycles. The molecule has 0 unspecified atom stereocenters. The van der Waals surface area contributed by atoms with E-state index in [2.05, 4.69) is 4.98 Å². The molecule has 0 aliphatic heterocycles. The van der Waals surface area contributed by atoms with E-state index in [-0.39, 0.29) is 17.6 Å². The van der Waals surface area contributed by atoms with Crippen molar-refractivity contribution < 1.29 is 14.5 Å². The summed E-state index contributed by atoms with van der Waals surface area (Å²) >= 11 is 0. The highest BCUT2D eigenvalue weighted by Crippen LogP contribution is 2.16. The number of hydrogen-bond donors (Lipinski definition) is 0. The maximum absolute atomic E-state index is 12.3. The number of nitro groups is 1. The van der Waals surface area contributed by atoms with E-state index in [1.54, 1.807) is 0 Å². The molecule has 2 aromatic rings. The lowest BCUT2D eigenvalue weighted by molar-refractivity contribution is -0.384. The number of fused-ring (bicyclic) bond motifs is 1. The van der Waals surface area contributed by atoms with Gasteiger partial charge in [-0.1, -0.05) is 13.3 Å². The van der Waals surface area contributed by atoms with Gasteiger partial charge in [-0.15, -0.1) is 0 Å². The number of aromatic nitrogens is 2. The highest BCUT2D eigenvalue weighted by molar-refractivity contribution is 5.80. The number of unbranched alkanes of at least 4 members (excludes halogenated alkanes) is 1. The van der Waals surface area contributed by atoms with Crippen molar-refractivity contribution in [3.8, 4) is 0 Å². The third-order valence-electron chi connectivity index (χ3n) is 3.08. The van der Waals surface area contributed by atoms with E-state index in [1.807, 2.05) is 6.92 Å². The number of nitro benzene ring substituents is 1. The van der Waals surface area contributed by atoms with Crippen LogP contribution >= 0.6 is 0 Å². The number of ether oxygens (including phenoxy) is 1. The first-order chi connectivity index (χ1) is 10.5. The van der Waals surface area contributed by atoms with Gasteiger partial charge < -0.3 is 4.74 Å². The molecule has 0 aliphatic rings. The zero-order valence-corrected chi connectivity index (χ0v) is 12.0. The van der Waals surface area contributed by atoms with Crippen molar-refractivity contribution in [1.29, 1.82) is 0 Å². The van der Waals surface area contributed by atoms with Crippen LogP contribution in [-0.4, -0.2) is 27.1 Å². The maximum atomic E-state index is 12.3. The van der Waals surface area contributed by atoms with Crippen LogP contribution in [0.2, 0.25) is 0 Å². The summed E-state index contributed by atoms with van der Waals surface area (Å²) in [5.41, 5.74) is -0.373. The smallest absolute Gasteiger partial charge is 0.326 e. The van der Waals surface area contributed by atoms with Crippen LogP contribution in [0.1, 0.15) is 19.8 Å². The highest BCUT2D eigenvalue weighted by Gasteiger charge is 2.12. The largest absolute Gasteiger partial charge is 0.464 e. The summed E-state index contributed by atoms with van der Waals surface area (Å²) in [6, 6.07) is 3.83. The summed E-state index contributed by atoms with van der Waals surface area (Å²) < 4.78 is 6.06. The molecule has 0 radical (unpaired) electrons. The molecule has 22 heavy (non-hydrogen) atoms. The van der Waals surface area contributed by atoms with Crippen LogP contribution in [0, 0.1) is 10.1 Å². The fourth-order valence-electron chi connectivity index (χ4n) is 1.89. The third-order valence-corrected chi connectivity index (χ3v) is 3.08. The normalized spacial score (nSPS) is 10.6. The Labute approximate surface area is 125 Å². The standard InChI is InChI=1S/C14H15N3O5/c1-2-3-6-22-13(18)8-16-9-15-12-5-4-10(17(20)21)7-11(12)14(16)19/h4-5,7,9H,2-3,6,8H2,1H3. The number of benzene rings is 1. The van der Waals surface area contributed by atoms with Gasteiger partial charge in [-0.25, -0.2) is 4.98 Å². The van der Waals surface area contributed by atoms with Crippen LogP contribution in [0.15, 0.2) is 29.3 Å². The average molecular weight is 305 g/mol. The summed E-state index contributed by atoms with van der Waals surface area (Å²) in [7, 11) is 0. The molecule has 116 valence electrons. The van der Waals surface area contributed by atoms with E-state index in [0.29, 0.717) is 12.1 Å². The molecule has 0 saturated carbocycles. The minimum atomic E-state index is -0.588. The first-order valence-corrected chi connectivity index (χ1v) is 6.82. The Kier molecular flexibility index (Phi) is 4.82. The molecule has 8 nitrogen and oxygen atoms in total. The zero-order chi connectivity index (χ0) is 16.1. The van der Waals surface area contributed by atoms with E-state index >= 15 is 0 Å². The van der Waals surface area contributed by atoms with Gasteiger partial charge in [0.05, 0.1) is 28.8 Å². The van der Waals surface area contributed by atoms with Crippen molar-refractivity contribution in [1.82, 2.24) is 9.55 Å². The SMILES string of the molecule is CCCCOC(=O)Cn1cnc2ccc([N+](=O)[O-])cc2c1=O. The number of rotatable bonds is 6. The number of nitrogens with zero attached hydrogens (tertiary/aromatic N) is 3. The Morgan fingerprint density at radius 3 is 2.91 bits per heavy atom. The van der Waals surface area contributed by atoms with E-state index in [4.69, 9.17) is 4.74 Å². The van der Waals surface area contributed by atoms with Gasteiger partial charge >= 0.3 is 5.97 Å². The van der Waals surface area contributed by atoms with Gasteiger partial charge in [-0.2, -0.15) is 0 Å². The zero-order valence-electron chi connectivity index (χ0n) is 12.0. The number of carbonyl (C=O) groups excluding carboxylic acids is 1. The molecule has 0 bridgehead atoms. The van der Waals surface area contributed by atoms with Gasteiger partial charge in [0.15, 0.2) is 0 Å². The predicted octanol–water partition coefficient (Wildman–Crippen LogP) is 1.65. The topological polar surface area (TPSA) is 104 Å². The van der Waals surface area contributed by atoms with E-state index < -0.39 is 16.5 Å². The highest BCUT2D eigenvalue weighted by atomic mass is 16.6. The van der Waals surface area contributed by atoms with Crippen molar-refractivity contribution in [3.63, 3.8) is 0 Å². The Morgan fingerprint density at radius 1 is 1.45 bits per heavy atom. The summed E-state index contributed by atoms with van der Waals surface area (Å²) in [6.45, 7) is 2.00. The minimum Gasteiger partial charge on any atom is -0.464 e. The molecule has 1 aromatic carbocycles. The van der Waals surface area contributed by atoms with E-state index in [1.165, 1.54) is 18.5 Å². The number of hydrogen-bond acceptors (Lipinski definition) is 6. The summed E-state index contributed by atoms with van der Waals surface area (Å²) in [5, 5.41) is 10.9. The quantitative estimate of drug-likeness (QED) is 0.348. The molecule has 0 atom stereocenters. The molecular formula is C14H15N3O5. The molecule has 0 N–H and O–H groups in total. The van der Waals surface area contributed by atoms with Crippen molar-refractivity contribution in [2.75, 3.05) is 6.61 Å². The Bertz CT molecular complexity index is 769. The van der Waals surface area contributed by atoms with Gasteiger partial charge in [0.25, 0.3) is 11.2 Å². The first-order valence-electron chi connectivity index (χ1n) is 6.82. The van der Waals surface area contributed by atoms with Crippen LogP contribution in [0.4, 0.5) is 5.69 Å². The Balaban J connectivity index is 2.28. The monoisotopic (exact) mass is 305 g/mol. The fourth-order valence-corrected chi connectivity index (χ4v) is 1.89. The molecule has 0 amide bonds. The van der Waals surface area contributed by atoms with Crippen LogP contribution in [-0.2, 0) is 16.1 Å². The second kappa shape index (κ2) is 6.79. The van der Waals surface area contributed by atoms with Gasteiger partial charge in [-0.05, 0) is 12.5 Å². The molecule has 0 fully saturated rings. The third kappa shape index (κ3) is 3.46. The molecule has 0 spiro atoms. The first kappa shape index (κ1) is 15.6. The summed E-state index contributed by atoms with van der Waals surface area (Å²) in [5.74, 6) is -0.540. The number of non-ortho nitro benzene ring substituents is 1. The predicted molar refractivity (Wildman–Crippen MR) is 78.5 cm³/mol. The second-order valence-corrected chi connectivity index (χ2v) is 4.71. The molecular weight excluding hydrogens is 290 g/mol. The van der Waals surface area contributed by atoms with Crippen molar-refractivity contribution in [3.05, 3.63) is 45.0 Å². The van der Waals surface area contributed by atoms with Gasteiger partial charge in [0.1, 0.15) is 6.54 Å². The Hall–Kier alpha value is -2.77. The lowest BCUT2D eigenvalue weighted by Crippen LogP contribution is -2.26. The lowest BCUT2D eigenvalue weighted by Gasteiger charge is -2.07.